The molecule has 1 heterocycles. The zero-order valence-electron chi connectivity index (χ0n) is 15.5. The van der Waals surface area contributed by atoms with Crippen molar-refractivity contribution in [3.63, 3.8) is 0 Å². The minimum Gasteiger partial charge on any atom is -0.496 e. The summed E-state index contributed by atoms with van der Waals surface area (Å²) in [5, 5.41) is 5.77. The predicted molar refractivity (Wildman–Crippen MR) is 99.9 cm³/mol. The van der Waals surface area contributed by atoms with Crippen LogP contribution < -0.4 is 15.4 Å². The van der Waals surface area contributed by atoms with Crippen LogP contribution in [0.4, 0.5) is 0 Å². The van der Waals surface area contributed by atoms with E-state index in [0.717, 1.165) is 5.56 Å². The summed E-state index contributed by atoms with van der Waals surface area (Å²) in [5.41, 5.74) is 1.35. The molecule has 0 radical (unpaired) electrons. The second-order valence-corrected chi connectivity index (χ2v) is 6.41. The highest BCUT2D eigenvalue weighted by Crippen LogP contribution is 2.18. The number of hydrogen-bond donors (Lipinski definition) is 2. The van der Waals surface area contributed by atoms with Crippen molar-refractivity contribution in [1.82, 2.24) is 15.6 Å². The topological polar surface area (TPSA) is 80.3 Å². The first-order valence-electron chi connectivity index (χ1n) is 8.58. The molecular weight excluding hydrogens is 330 g/mol. The first kappa shape index (κ1) is 19.4. The lowest BCUT2D eigenvalue weighted by atomic mass is 10.0. The van der Waals surface area contributed by atoms with Crippen molar-refractivity contribution >= 4 is 11.8 Å². The van der Waals surface area contributed by atoms with Crippen LogP contribution in [-0.2, 0) is 4.79 Å². The maximum Gasteiger partial charge on any atom is 0.255 e. The smallest absolute Gasteiger partial charge is 0.255 e. The third-order valence-electron chi connectivity index (χ3n) is 4.15. The maximum atomic E-state index is 12.7. The van der Waals surface area contributed by atoms with Gasteiger partial charge in [-0.1, -0.05) is 26.0 Å². The third-order valence-corrected chi connectivity index (χ3v) is 4.15. The van der Waals surface area contributed by atoms with Gasteiger partial charge in [0, 0.05) is 12.4 Å². The number of hydrogen-bond acceptors (Lipinski definition) is 4. The molecule has 138 valence electrons. The molecule has 0 aliphatic rings. The van der Waals surface area contributed by atoms with E-state index in [1.54, 1.807) is 36.7 Å². The molecule has 2 unspecified atom stereocenters. The second-order valence-electron chi connectivity index (χ2n) is 6.41. The Bertz CT molecular complexity index is 747. The molecule has 1 aromatic heterocycles. The molecule has 0 aliphatic carbocycles. The standard InChI is InChI=1S/C20H25N3O3/c1-13(2)18(20(25)22-14(3)15-9-11-21-12-10-15)23-19(24)16-7-5-6-8-17(16)26-4/h5-14,18H,1-4H3,(H,22,25)(H,23,24). The van der Waals surface area contributed by atoms with E-state index in [4.69, 9.17) is 4.74 Å². The molecule has 6 nitrogen and oxygen atoms in total. The first-order chi connectivity index (χ1) is 12.4. The van der Waals surface area contributed by atoms with Gasteiger partial charge in [0.05, 0.1) is 18.7 Å². The highest BCUT2D eigenvalue weighted by atomic mass is 16.5. The fourth-order valence-electron chi connectivity index (χ4n) is 2.62. The zero-order valence-corrected chi connectivity index (χ0v) is 15.5. The van der Waals surface area contributed by atoms with Crippen LogP contribution in [0.25, 0.3) is 0 Å². The van der Waals surface area contributed by atoms with Crippen molar-refractivity contribution < 1.29 is 14.3 Å². The van der Waals surface area contributed by atoms with E-state index in [-0.39, 0.29) is 23.8 Å². The Balaban J connectivity index is 2.10. The molecule has 2 N–H and O–H groups in total. The summed E-state index contributed by atoms with van der Waals surface area (Å²) in [4.78, 5) is 29.3. The average molecular weight is 355 g/mol. The van der Waals surface area contributed by atoms with Gasteiger partial charge < -0.3 is 15.4 Å². The van der Waals surface area contributed by atoms with Crippen LogP contribution in [-0.4, -0.2) is 29.9 Å². The molecule has 2 atom stereocenters. The molecule has 26 heavy (non-hydrogen) atoms. The number of rotatable bonds is 7. The SMILES string of the molecule is COc1ccccc1C(=O)NC(C(=O)NC(C)c1ccncc1)C(C)C. The van der Waals surface area contributed by atoms with E-state index in [1.807, 2.05) is 32.9 Å². The Morgan fingerprint density at radius 1 is 1.00 bits per heavy atom. The van der Waals surface area contributed by atoms with Gasteiger partial charge in [0.2, 0.25) is 5.91 Å². The van der Waals surface area contributed by atoms with Crippen LogP contribution >= 0.6 is 0 Å². The van der Waals surface area contributed by atoms with Gasteiger partial charge in [-0.3, -0.25) is 14.6 Å². The van der Waals surface area contributed by atoms with Gasteiger partial charge in [0.1, 0.15) is 11.8 Å². The van der Waals surface area contributed by atoms with E-state index in [0.29, 0.717) is 11.3 Å². The number of methoxy groups -OCH3 is 1. The summed E-state index contributed by atoms with van der Waals surface area (Å²) in [6.07, 6.45) is 3.36. The number of aromatic nitrogens is 1. The van der Waals surface area contributed by atoms with Crippen molar-refractivity contribution in [3.05, 3.63) is 59.9 Å². The second kappa shape index (κ2) is 8.99. The van der Waals surface area contributed by atoms with E-state index in [2.05, 4.69) is 15.6 Å². The van der Waals surface area contributed by atoms with Crippen LogP contribution in [0.5, 0.6) is 5.75 Å². The minimum absolute atomic E-state index is 0.0710. The highest BCUT2D eigenvalue weighted by molar-refractivity contribution is 5.99. The number of nitrogens with one attached hydrogen (secondary N) is 2. The molecule has 0 saturated heterocycles. The van der Waals surface area contributed by atoms with Crippen molar-refractivity contribution in [2.24, 2.45) is 5.92 Å². The van der Waals surface area contributed by atoms with Gasteiger partial charge in [-0.05, 0) is 42.7 Å². The van der Waals surface area contributed by atoms with Crippen molar-refractivity contribution in [2.75, 3.05) is 7.11 Å². The molecule has 0 spiro atoms. The van der Waals surface area contributed by atoms with E-state index in [9.17, 15) is 9.59 Å². The molecule has 0 bridgehead atoms. The molecule has 2 rings (SSSR count). The number of pyridine rings is 1. The maximum absolute atomic E-state index is 12.7. The summed E-state index contributed by atoms with van der Waals surface area (Å²) in [6.45, 7) is 5.68. The van der Waals surface area contributed by atoms with Crippen LogP contribution in [0.1, 0.15) is 42.7 Å². The van der Waals surface area contributed by atoms with Gasteiger partial charge in [-0.25, -0.2) is 0 Å². The monoisotopic (exact) mass is 355 g/mol. The number of nitrogens with zero attached hydrogens (tertiary/aromatic N) is 1. The molecule has 0 fully saturated rings. The molecule has 6 heteroatoms. The van der Waals surface area contributed by atoms with E-state index in [1.165, 1.54) is 7.11 Å². The molecule has 2 aromatic rings. The van der Waals surface area contributed by atoms with Gasteiger partial charge in [0.25, 0.3) is 5.91 Å². The van der Waals surface area contributed by atoms with Crippen LogP contribution in [0.15, 0.2) is 48.8 Å². The average Bonchev–Trinajstić information content (AvgIpc) is 2.66. The van der Waals surface area contributed by atoms with E-state index < -0.39 is 6.04 Å². The molecule has 0 saturated carbocycles. The van der Waals surface area contributed by atoms with Gasteiger partial charge in [-0.15, -0.1) is 0 Å². The lowest BCUT2D eigenvalue weighted by Crippen LogP contribution is -2.50. The number of ether oxygens (including phenoxy) is 1. The molecular formula is C20H25N3O3. The quantitative estimate of drug-likeness (QED) is 0.800. The minimum atomic E-state index is -0.656. The lowest BCUT2D eigenvalue weighted by Gasteiger charge is -2.24. The largest absolute Gasteiger partial charge is 0.496 e. The Labute approximate surface area is 154 Å². The number of carbonyl (C=O) groups is 2. The number of amides is 2. The molecule has 0 aliphatic heterocycles. The van der Waals surface area contributed by atoms with Gasteiger partial charge in [-0.2, -0.15) is 0 Å². The van der Waals surface area contributed by atoms with E-state index >= 15 is 0 Å². The number of carbonyl (C=O) groups excluding carboxylic acids is 2. The van der Waals surface area contributed by atoms with Crippen LogP contribution in [0, 0.1) is 5.92 Å². The lowest BCUT2D eigenvalue weighted by molar-refractivity contribution is -0.124. The summed E-state index contributed by atoms with van der Waals surface area (Å²) < 4.78 is 5.22. The summed E-state index contributed by atoms with van der Waals surface area (Å²) >= 11 is 0. The van der Waals surface area contributed by atoms with Gasteiger partial charge in [0.15, 0.2) is 0 Å². The Morgan fingerprint density at radius 2 is 1.65 bits per heavy atom. The van der Waals surface area contributed by atoms with Crippen LogP contribution in [0.3, 0.4) is 0 Å². The third kappa shape index (κ3) is 4.81. The fourth-order valence-corrected chi connectivity index (χ4v) is 2.62. The highest BCUT2D eigenvalue weighted by Gasteiger charge is 2.26. The Hall–Kier alpha value is -2.89. The summed E-state index contributed by atoms with van der Waals surface area (Å²) in [5.74, 6) is -0.170. The molecule has 2 amide bonds. The van der Waals surface area contributed by atoms with Crippen LogP contribution in [0.2, 0.25) is 0 Å². The summed E-state index contributed by atoms with van der Waals surface area (Å²) in [6, 6.07) is 9.79. The predicted octanol–water partition coefficient (Wildman–Crippen LogP) is 2.72. The Morgan fingerprint density at radius 3 is 2.27 bits per heavy atom. The Kier molecular flexibility index (Phi) is 6.72. The van der Waals surface area contributed by atoms with Crippen molar-refractivity contribution in [1.29, 1.82) is 0 Å². The van der Waals surface area contributed by atoms with Gasteiger partial charge >= 0.3 is 0 Å². The number of benzene rings is 1. The normalized spacial score (nSPS) is 13.0. The molecule has 1 aromatic carbocycles. The first-order valence-corrected chi connectivity index (χ1v) is 8.58. The zero-order chi connectivity index (χ0) is 19.1. The number of para-hydroxylation sites is 1. The summed E-state index contributed by atoms with van der Waals surface area (Å²) in [7, 11) is 1.51. The van der Waals surface area contributed by atoms with Crippen molar-refractivity contribution in [2.45, 2.75) is 32.9 Å². The fraction of sp³-hybridized carbons (Fsp3) is 0.350. The van der Waals surface area contributed by atoms with Crippen molar-refractivity contribution in [3.8, 4) is 5.75 Å².